The summed E-state index contributed by atoms with van der Waals surface area (Å²) in [5.74, 6) is -1.33. The van der Waals surface area contributed by atoms with E-state index in [0.29, 0.717) is 12.8 Å². The van der Waals surface area contributed by atoms with Crippen LogP contribution in [0.2, 0.25) is 0 Å². The Hall–Kier alpha value is -1.67. The van der Waals surface area contributed by atoms with Crippen molar-refractivity contribution >= 4 is 16.0 Å². The summed E-state index contributed by atoms with van der Waals surface area (Å²) >= 11 is 0. The lowest BCUT2D eigenvalue weighted by Gasteiger charge is -2.18. The second-order valence-corrected chi connectivity index (χ2v) is 5.67. The number of rotatable bonds is 4. The molecule has 3 N–H and O–H groups in total. The summed E-state index contributed by atoms with van der Waals surface area (Å²) in [6, 6.07) is -0.204. The Morgan fingerprint density at radius 3 is 2.89 bits per heavy atom. The van der Waals surface area contributed by atoms with Gasteiger partial charge in [-0.3, -0.25) is 5.10 Å². The molecule has 1 heterocycles. The summed E-state index contributed by atoms with van der Waals surface area (Å²) in [6.07, 6.45) is 6.99. The third-order valence-corrected chi connectivity index (χ3v) is 4.19. The van der Waals surface area contributed by atoms with E-state index in [1.54, 1.807) is 0 Å². The van der Waals surface area contributed by atoms with Crippen LogP contribution in [0.3, 0.4) is 0 Å². The Morgan fingerprint density at radius 2 is 2.28 bits per heavy atom. The van der Waals surface area contributed by atoms with Gasteiger partial charge in [0.15, 0.2) is 5.03 Å². The zero-order valence-electron chi connectivity index (χ0n) is 9.46. The van der Waals surface area contributed by atoms with Crippen molar-refractivity contribution in [1.29, 1.82) is 0 Å². The molecule has 0 aromatic carbocycles. The average molecular weight is 271 g/mol. The van der Waals surface area contributed by atoms with E-state index >= 15 is 0 Å². The van der Waals surface area contributed by atoms with E-state index < -0.39 is 21.0 Å². The van der Waals surface area contributed by atoms with E-state index in [1.165, 1.54) is 0 Å². The van der Waals surface area contributed by atoms with Gasteiger partial charge in [-0.05, 0) is 19.3 Å². The van der Waals surface area contributed by atoms with Crippen LogP contribution in [0.25, 0.3) is 0 Å². The van der Waals surface area contributed by atoms with Gasteiger partial charge in [-0.2, -0.15) is 5.10 Å². The summed E-state index contributed by atoms with van der Waals surface area (Å²) in [6.45, 7) is 0. The number of aromatic nitrogens is 2. The highest BCUT2D eigenvalue weighted by Gasteiger charge is 2.27. The van der Waals surface area contributed by atoms with Crippen LogP contribution < -0.4 is 4.72 Å². The molecule has 0 saturated carbocycles. The van der Waals surface area contributed by atoms with Crippen molar-refractivity contribution < 1.29 is 18.3 Å². The molecule has 18 heavy (non-hydrogen) atoms. The van der Waals surface area contributed by atoms with Gasteiger partial charge >= 0.3 is 5.97 Å². The fraction of sp³-hybridized carbons (Fsp3) is 0.400. The van der Waals surface area contributed by atoms with Crippen molar-refractivity contribution in [2.75, 3.05) is 0 Å². The number of carbonyl (C=O) groups is 1. The first-order valence-corrected chi connectivity index (χ1v) is 6.93. The fourth-order valence-electron chi connectivity index (χ4n) is 1.81. The number of hydrogen-bond acceptors (Lipinski definition) is 4. The van der Waals surface area contributed by atoms with Crippen molar-refractivity contribution in [1.82, 2.24) is 14.9 Å². The Balaban J connectivity index is 2.22. The first kappa shape index (κ1) is 12.8. The van der Waals surface area contributed by atoms with Gasteiger partial charge in [-0.1, -0.05) is 12.2 Å². The van der Waals surface area contributed by atoms with Gasteiger partial charge in [-0.15, -0.1) is 0 Å². The number of nitrogens with zero attached hydrogens (tertiary/aromatic N) is 1. The van der Waals surface area contributed by atoms with Crippen molar-refractivity contribution in [2.45, 2.75) is 30.3 Å². The van der Waals surface area contributed by atoms with Crippen molar-refractivity contribution in [3.63, 3.8) is 0 Å². The molecule has 0 saturated heterocycles. The lowest BCUT2D eigenvalue weighted by molar-refractivity contribution is 0.0692. The van der Waals surface area contributed by atoms with Gasteiger partial charge in [-0.25, -0.2) is 17.9 Å². The molecule has 1 aliphatic carbocycles. The molecular formula is C10H13N3O4S. The van der Waals surface area contributed by atoms with Crippen LogP contribution in [0.5, 0.6) is 0 Å². The molecule has 1 atom stereocenters. The van der Waals surface area contributed by atoms with Crippen LogP contribution in [-0.4, -0.2) is 35.7 Å². The van der Waals surface area contributed by atoms with Crippen molar-refractivity contribution in [3.8, 4) is 0 Å². The van der Waals surface area contributed by atoms with E-state index in [1.807, 2.05) is 12.2 Å². The van der Waals surface area contributed by atoms with E-state index in [2.05, 4.69) is 14.9 Å². The average Bonchev–Trinajstić information content (AvgIpc) is 2.79. The summed E-state index contributed by atoms with van der Waals surface area (Å²) in [5.41, 5.74) is -0.353. The van der Waals surface area contributed by atoms with Crippen molar-refractivity contribution in [2.24, 2.45) is 0 Å². The van der Waals surface area contributed by atoms with Gasteiger partial charge < -0.3 is 5.11 Å². The lowest BCUT2D eigenvalue weighted by Crippen LogP contribution is -2.36. The SMILES string of the molecule is O=C(O)c1cn[nH]c1S(=O)(=O)NC1CC=CCC1. The molecule has 1 aromatic rings. The molecule has 1 aliphatic rings. The van der Waals surface area contributed by atoms with Gasteiger partial charge in [0.1, 0.15) is 5.56 Å². The van der Waals surface area contributed by atoms with E-state index in [0.717, 1.165) is 12.6 Å². The van der Waals surface area contributed by atoms with Crippen molar-refractivity contribution in [3.05, 3.63) is 23.9 Å². The largest absolute Gasteiger partial charge is 0.478 e. The minimum absolute atomic E-state index is 0.204. The standard InChI is InChI=1S/C10H13N3O4S/c14-10(15)8-6-11-12-9(8)18(16,17)13-7-4-2-1-3-5-7/h1-2,6-7,13H,3-5H2,(H,11,12)(H,14,15). The minimum atomic E-state index is -3.88. The number of aromatic carboxylic acids is 1. The highest BCUT2D eigenvalue weighted by molar-refractivity contribution is 7.89. The van der Waals surface area contributed by atoms with Crippen LogP contribution in [-0.2, 0) is 10.0 Å². The summed E-state index contributed by atoms with van der Waals surface area (Å²) in [4.78, 5) is 10.9. The quantitative estimate of drug-likeness (QED) is 0.690. The summed E-state index contributed by atoms with van der Waals surface area (Å²) in [5, 5.41) is 14.1. The van der Waals surface area contributed by atoms with Crippen LogP contribution in [0, 0.1) is 0 Å². The molecule has 0 amide bonds. The third-order valence-electron chi connectivity index (χ3n) is 2.69. The molecule has 2 rings (SSSR count). The first-order chi connectivity index (χ1) is 8.50. The number of carboxylic acids is 1. The van der Waals surface area contributed by atoms with Crippen LogP contribution >= 0.6 is 0 Å². The molecule has 0 bridgehead atoms. The molecule has 0 fully saturated rings. The molecule has 1 unspecified atom stereocenters. The second-order valence-electron chi connectivity index (χ2n) is 4.02. The zero-order valence-corrected chi connectivity index (χ0v) is 10.3. The summed E-state index contributed by atoms with van der Waals surface area (Å²) in [7, 11) is -3.88. The lowest BCUT2D eigenvalue weighted by atomic mass is 10.0. The summed E-state index contributed by atoms with van der Waals surface area (Å²) < 4.78 is 26.5. The molecule has 0 radical (unpaired) electrons. The maximum Gasteiger partial charge on any atom is 0.340 e. The number of sulfonamides is 1. The maximum atomic E-state index is 12.0. The van der Waals surface area contributed by atoms with Gasteiger partial charge in [0.2, 0.25) is 0 Å². The molecular weight excluding hydrogens is 258 g/mol. The Kier molecular flexibility index (Phi) is 3.48. The zero-order chi connectivity index (χ0) is 13.2. The number of aromatic amines is 1. The number of carboxylic acid groups (broad SMARTS) is 1. The number of H-pyrrole nitrogens is 1. The number of allylic oxidation sites excluding steroid dienone is 1. The van der Waals surface area contributed by atoms with Crippen LogP contribution in [0.1, 0.15) is 29.6 Å². The highest BCUT2D eigenvalue weighted by Crippen LogP contribution is 2.16. The monoisotopic (exact) mass is 271 g/mol. The second kappa shape index (κ2) is 4.91. The van der Waals surface area contributed by atoms with E-state index in [9.17, 15) is 13.2 Å². The predicted molar refractivity (Wildman–Crippen MR) is 62.6 cm³/mol. The Bertz CT molecular complexity index is 576. The predicted octanol–water partition coefficient (Wildman–Crippen LogP) is 0.495. The highest BCUT2D eigenvalue weighted by atomic mass is 32.2. The molecule has 8 heteroatoms. The normalized spacial score (nSPS) is 19.9. The molecule has 98 valence electrons. The van der Waals surface area contributed by atoms with Gasteiger partial charge in [0.25, 0.3) is 10.0 Å². The Morgan fingerprint density at radius 1 is 1.50 bits per heavy atom. The van der Waals surface area contributed by atoms with Crippen LogP contribution in [0.4, 0.5) is 0 Å². The van der Waals surface area contributed by atoms with Gasteiger partial charge in [0, 0.05) is 6.04 Å². The molecule has 7 nitrogen and oxygen atoms in total. The minimum Gasteiger partial charge on any atom is -0.478 e. The van der Waals surface area contributed by atoms with E-state index in [-0.39, 0.29) is 11.6 Å². The first-order valence-electron chi connectivity index (χ1n) is 5.44. The Labute approximate surface area is 104 Å². The van der Waals surface area contributed by atoms with E-state index in [4.69, 9.17) is 5.11 Å². The number of nitrogens with one attached hydrogen (secondary N) is 2. The molecule has 1 aromatic heterocycles. The van der Waals surface area contributed by atoms with Gasteiger partial charge in [0.05, 0.1) is 6.20 Å². The molecule has 0 spiro atoms. The molecule has 0 aliphatic heterocycles. The fourth-order valence-corrected chi connectivity index (χ4v) is 3.18. The maximum absolute atomic E-state index is 12.0. The smallest absolute Gasteiger partial charge is 0.340 e. The number of hydrogen-bond donors (Lipinski definition) is 3. The third kappa shape index (κ3) is 2.59. The van der Waals surface area contributed by atoms with Crippen LogP contribution in [0.15, 0.2) is 23.4 Å². The topological polar surface area (TPSA) is 112 Å².